The molecule has 98 valence electrons. The molecule has 1 aromatic carbocycles. The van der Waals surface area contributed by atoms with Gasteiger partial charge in [-0.05, 0) is 35.7 Å². The normalized spacial score (nSPS) is 10.6. The summed E-state index contributed by atoms with van der Waals surface area (Å²) in [6.07, 6.45) is 3.37. The summed E-state index contributed by atoms with van der Waals surface area (Å²) in [6, 6.07) is 11.7. The maximum atomic E-state index is 11.8. The Labute approximate surface area is 117 Å². The number of hydrogen-bond acceptors (Lipinski definition) is 3. The highest BCUT2D eigenvalue weighted by Crippen LogP contribution is 2.17. The maximum absolute atomic E-state index is 11.8. The first-order chi connectivity index (χ1) is 9.15. The van der Waals surface area contributed by atoms with Crippen LogP contribution in [0.25, 0.3) is 6.08 Å². The zero-order chi connectivity index (χ0) is 13.7. The molecule has 0 unspecified atom stereocenters. The molecule has 0 fully saturated rings. The van der Waals surface area contributed by atoms with Gasteiger partial charge in [-0.15, -0.1) is 11.3 Å². The molecule has 0 radical (unpaired) electrons. The molecule has 0 spiro atoms. The van der Waals surface area contributed by atoms with Gasteiger partial charge in [0.15, 0.2) is 0 Å². The van der Waals surface area contributed by atoms with E-state index in [4.69, 9.17) is 0 Å². The predicted octanol–water partition coefficient (Wildman–Crippen LogP) is 3.47. The van der Waals surface area contributed by atoms with E-state index in [1.165, 1.54) is 0 Å². The van der Waals surface area contributed by atoms with Gasteiger partial charge in [-0.2, -0.15) is 0 Å². The summed E-state index contributed by atoms with van der Waals surface area (Å²) in [7, 11) is 3.94. The lowest BCUT2D eigenvalue weighted by Gasteiger charge is -2.13. The van der Waals surface area contributed by atoms with Gasteiger partial charge in [0.2, 0.25) is 5.91 Å². The van der Waals surface area contributed by atoms with Crippen LogP contribution in [0.2, 0.25) is 0 Å². The van der Waals surface area contributed by atoms with Crippen molar-refractivity contribution in [2.24, 2.45) is 0 Å². The molecule has 2 rings (SSSR count). The molecule has 0 aliphatic rings. The van der Waals surface area contributed by atoms with Crippen LogP contribution < -0.4 is 10.2 Å². The minimum atomic E-state index is -0.121. The summed E-state index contributed by atoms with van der Waals surface area (Å²) >= 11 is 1.60. The second-order valence-electron chi connectivity index (χ2n) is 4.28. The van der Waals surface area contributed by atoms with Crippen LogP contribution in [0.15, 0.2) is 47.9 Å². The number of carbonyl (C=O) groups is 1. The number of hydrogen-bond donors (Lipinski definition) is 1. The van der Waals surface area contributed by atoms with Crippen molar-refractivity contribution in [1.82, 2.24) is 0 Å². The molecule has 0 atom stereocenters. The highest BCUT2D eigenvalue weighted by atomic mass is 32.1. The van der Waals surface area contributed by atoms with Gasteiger partial charge in [0.1, 0.15) is 0 Å². The van der Waals surface area contributed by atoms with E-state index in [2.05, 4.69) is 5.32 Å². The van der Waals surface area contributed by atoms with E-state index in [9.17, 15) is 4.79 Å². The highest BCUT2D eigenvalue weighted by Gasteiger charge is 2.00. The summed E-state index contributed by atoms with van der Waals surface area (Å²) < 4.78 is 0. The van der Waals surface area contributed by atoms with Gasteiger partial charge in [0, 0.05) is 36.4 Å². The number of nitrogens with zero attached hydrogens (tertiary/aromatic N) is 1. The van der Waals surface area contributed by atoms with E-state index >= 15 is 0 Å². The molecule has 1 amide bonds. The first-order valence-electron chi connectivity index (χ1n) is 5.95. The summed E-state index contributed by atoms with van der Waals surface area (Å²) in [5.41, 5.74) is 1.85. The second-order valence-corrected chi connectivity index (χ2v) is 5.26. The summed E-state index contributed by atoms with van der Waals surface area (Å²) in [5, 5.41) is 4.84. The van der Waals surface area contributed by atoms with E-state index in [0.29, 0.717) is 0 Å². The van der Waals surface area contributed by atoms with Crippen molar-refractivity contribution in [3.8, 4) is 0 Å². The quantitative estimate of drug-likeness (QED) is 0.864. The van der Waals surface area contributed by atoms with Crippen LogP contribution >= 0.6 is 11.3 Å². The molecule has 1 heterocycles. The van der Waals surface area contributed by atoms with E-state index in [1.807, 2.05) is 66.8 Å². The van der Waals surface area contributed by atoms with Crippen LogP contribution in [0.5, 0.6) is 0 Å². The number of benzene rings is 1. The number of anilines is 2. The molecule has 4 heteroatoms. The molecule has 1 N–H and O–H groups in total. The molecule has 0 saturated heterocycles. The van der Waals surface area contributed by atoms with Crippen LogP contribution in [0.1, 0.15) is 4.88 Å². The number of thiophene rings is 1. The van der Waals surface area contributed by atoms with Gasteiger partial charge in [-0.1, -0.05) is 12.1 Å². The van der Waals surface area contributed by atoms with Crippen molar-refractivity contribution in [2.75, 3.05) is 24.3 Å². The summed E-state index contributed by atoms with van der Waals surface area (Å²) in [6.45, 7) is 0. The molecule has 2 aromatic rings. The van der Waals surface area contributed by atoms with Gasteiger partial charge in [0.25, 0.3) is 0 Å². The smallest absolute Gasteiger partial charge is 0.248 e. The average Bonchev–Trinajstić information content (AvgIpc) is 2.90. The van der Waals surface area contributed by atoms with E-state index in [1.54, 1.807) is 17.4 Å². The van der Waals surface area contributed by atoms with E-state index < -0.39 is 0 Å². The van der Waals surface area contributed by atoms with Gasteiger partial charge < -0.3 is 10.2 Å². The Bertz CT molecular complexity index is 574. The zero-order valence-corrected chi connectivity index (χ0v) is 11.8. The Hall–Kier alpha value is -2.07. The monoisotopic (exact) mass is 272 g/mol. The molecular formula is C15H16N2OS. The average molecular weight is 272 g/mol. The highest BCUT2D eigenvalue weighted by molar-refractivity contribution is 7.10. The summed E-state index contributed by atoms with van der Waals surface area (Å²) in [5.74, 6) is -0.121. The first-order valence-corrected chi connectivity index (χ1v) is 6.83. The first kappa shape index (κ1) is 13.4. The number of amides is 1. The van der Waals surface area contributed by atoms with Crippen molar-refractivity contribution in [1.29, 1.82) is 0 Å². The fraction of sp³-hybridized carbons (Fsp3) is 0.133. The zero-order valence-electron chi connectivity index (χ0n) is 11.0. The number of nitrogens with one attached hydrogen (secondary N) is 1. The van der Waals surface area contributed by atoms with Crippen LogP contribution in [0.3, 0.4) is 0 Å². The van der Waals surface area contributed by atoms with Crippen LogP contribution in [-0.4, -0.2) is 20.0 Å². The Morgan fingerprint density at radius 2 is 2.11 bits per heavy atom. The van der Waals surface area contributed by atoms with Gasteiger partial charge in [-0.25, -0.2) is 0 Å². The van der Waals surface area contributed by atoms with Crippen molar-refractivity contribution >= 4 is 34.7 Å². The molecule has 0 aliphatic carbocycles. The van der Waals surface area contributed by atoms with Crippen molar-refractivity contribution in [3.05, 3.63) is 52.7 Å². The Morgan fingerprint density at radius 3 is 2.79 bits per heavy atom. The largest absolute Gasteiger partial charge is 0.378 e. The predicted molar refractivity (Wildman–Crippen MR) is 82.8 cm³/mol. The molecule has 0 bridgehead atoms. The molecular weight excluding hydrogens is 256 g/mol. The Kier molecular flexibility index (Phi) is 4.36. The Balaban J connectivity index is 2.01. The number of rotatable bonds is 4. The van der Waals surface area contributed by atoms with Gasteiger partial charge >= 0.3 is 0 Å². The lowest BCUT2D eigenvalue weighted by atomic mass is 10.2. The summed E-state index contributed by atoms with van der Waals surface area (Å²) in [4.78, 5) is 14.8. The molecule has 1 aromatic heterocycles. The third-order valence-electron chi connectivity index (χ3n) is 2.57. The lowest BCUT2D eigenvalue weighted by Crippen LogP contribution is -2.11. The van der Waals surface area contributed by atoms with Crippen LogP contribution in [0.4, 0.5) is 11.4 Å². The minimum absolute atomic E-state index is 0.121. The van der Waals surface area contributed by atoms with Crippen molar-refractivity contribution in [2.45, 2.75) is 0 Å². The molecule has 0 aliphatic heterocycles. The maximum Gasteiger partial charge on any atom is 0.248 e. The van der Waals surface area contributed by atoms with E-state index in [0.717, 1.165) is 16.3 Å². The van der Waals surface area contributed by atoms with Gasteiger partial charge in [-0.3, -0.25) is 4.79 Å². The van der Waals surface area contributed by atoms with Crippen molar-refractivity contribution < 1.29 is 4.79 Å². The third kappa shape index (κ3) is 3.96. The fourth-order valence-corrected chi connectivity index (χ4v) is 2.21. The molecule has 19 heavy (non-hydrogen) atoms. The standard InChI is InChI=1S/C15H16N2OS/c1-17(2)13-6-3-5-12(11-13)16-15(18)9-8-14-7-4-10-19-14/h3-11H,1-2H3,(H,16,18)/b9-8+. The fourth-order valence-electron chi connectivity index (χ4n) is 1.59. The topological polar surface area (TPSA) is 32.3 Å². The van der Waals surface area contributed by atoms with Crippen LogP contribution in [0, 0.1) is 0 Å². The third-order valence-corrected chi connectivity index (χ3v) is 3.41. The molecule has 3 nitrogen and oxygen atoms in total. The SMILES string of the molecule is CN(C)c1cccc(NC(=O)/C=C/c2cccs2)c1. The van der Waals surface area contributed by atoms with Crippen LogP contribution in [-0.2, 0) is 4.79 Å². The van der Waals surface area contributed by atoms with Crippen molar-refractivity contribution in [3.63, 3.8) is 0 Å². The second kappa shape index (κ2) is 6.20. The van der Waals surface area contributed by atoms with Gasteiger partial charge in [0.05, 0.1) is 0 Å². The minimum Gasteiger partial charge on any atom is -0.378 e. The Morgan fingerprint density at radius 1 is 1.26 bits per heavy atom. The van der Waals surface area contributed by atoms with E-state index in [-0.39, 0.29) is 5.91 Å². The molecule has 0 saturated carbocycles. The lowest BCUT2D eigenvalue weighted by molar-refractivity contribution is -0.111. The number of carbonyl (C=O) groups excluding carboxylic acids is 1.